The molecule has 0 bridgehead atoms. The maximum atomic E-state index is 14.3. The molecular weight excluding hydrogens is 490 g/mol. The van der Waals surface area contributed by atoms with E-state index in [1.165, 1.54) is 0 Å². The molecule has 0 saturated carbocycles. The number of benzene rings is 2. The number of nitrogens with one attached hydrogen (secondary N) is 3. The van der Waals surface area contributed by atoms with Crippen molar-refractivity contribution < 1.29 is 36.6 Å². The SMILES string of the molecule is COc1cc(C)cc(Nc2ncc(F)c(Nc3cc(C)c4oc(=O)[nH]c4c3)n2)c1.O=C(O)C(F)(F)F. The largest absolute Gasteiger partial charge is 0.497 e. The summed E-state index contributed by atoms with van der Waals surface area (Å²) in [5.74, 6) is -3.02. The number of carboxylic acid groups (broad SMARTS) is 1. The summed E-state index contributed by atoms with van der Waals surface area (Å²) in [5.41, 5.74) is 3.95. The summed E-state index contributed by atoms with van der Waals surface area (Å²) in [6.45, 7) is 3.73. The standard InChI is InChI=1S/C20H18FN5O3.C2HF3O2/c1-10-4-12(7-14(5-10)28-3)24-19-22-9-15(21)18(26-19)23-13-6-11(2)17-16(8-13)25-20(27)29-17;3-2(4,5)1(6)7/h4-9H,1-3H3,(H,25,27)(H2,22,23,24,26);(H,6,7). The van der Waals surface area contributed by atoms with Crippen LogP contribution in [-0.2, 0) is 4.79 Å². The van der Waals surface area contributed by atoms with Gasteiger partial charge in [-0.2, -0.15) is 18.2 Å². The number of anilines is 4. The van der Waals surface area contributed by atoms with E-state index < -0.39 is 23.7 Å². The van der Waals surface area contributed by atoms with Crippen LogP contribution in [0.15, 0.2) is 45.7 Å². The smallest absolute Gasteiger partial charge is 0.490 e. The zero-order valence-electron chi connectivity index (χ0n) is 19.0. The quantitative estimate of drug-likeness (QED) is 0.279. The van der Waals surface area contributed by atoms with Crippen LogP contribution in [0.25, 0.3) is 11.1 Å². The van der Waals surface area contributed by atoms with Crippen LogP contribution in [0.4, 0.5) is 40.7 Å². The van der Waals surface area contributed by atoms with Crippen LogP contribution < -0.4 is 21.1 Å². The monoisotopic (exact) mass is 509 g/mol. The Morgan fingerprint density at radius 1 is 1.11 bits per heavy atom. The number of ether oxygens (including phenoxy) is 1. The van der Waals surface area contributed by atoms with E-state index in [-0.39, 0.29) is 11.8 Å². The number of aryl methyl sites for hydroxylation is 2. The van der Waals surface area contributed by atoms with E-state index >= 15 is 0 Å². The molecule has 0 unspecified atom stereocenters. The molecule has 0 fully saturated rings. The summed E-state index contributed by atoms with van der Waals surface area (Å²) in [4.78, 5) is 31.1. The fourth-order valence-corrected chi connectivity index (χ4v) is 3.02. The predicted octanol–water partition coefficient (Wildman–Crippen LogP) is 4.80. The molecule has 2 aromatic heterocycles. The lowest BCUT2D eigenvalue weighted by Crippen LogP contribution is -2.21. The number of rotatable bonds is 5. The summed E-state index contributed by atoms with van der Waals surface area (Å²) in [6.07, 6.45) is -4.00. The number of carbonyl (C=O) groups is 1. The molecule has 10 nitrogen and oxygen atoms in total. The third kappa shape index (κ3) is 6.49. The van der Waals surface area contributed by atoms with Gasteiger partial charge >= 0.3 is 17.9 Å². The Morgan fingerprint density at radius 3 is 2.42 bits per heavy atom. The minimum absolute atomic E-state index is 0.00768. The molecule has 0 saturated heterocycles. The molecule has 4 N–H and O–H groups in total. The molecule has 0 aliphatic carbocycles. The Morgan fingerprint density at radius 2 is 1.78 bits per heavy atom. The Balaban J connectivity index is 0.000000454. The van der Waals surface area contributed by atoms with Crippen molar-refractivity contribution in [1.82, 2.24) is 15.0 Å². The van der Waals surface area contributed by atoms with Crippen molar-refractivity contribution in [1.29, 1.82) is 0 Å². The van der Waals surface area contributed by atoms with Gasteiger partial charge in [-0.25, -0.2) is 19.0 Å². The fourth-order valence-electron chi connectivity index (χ4n) is 3.02. The summed E-state index contributed by atoms with van der Waals surface area (Å²) in [6, 6.07) is 8.96. The second kappa shape index (κ2) is 10.3. The third-order valence-electron chi connectivity index (χ3n) is 4.50. The molecule has 4 rings (SSSR count). The van der Waals surface area contributed by atoms with E-state index in [9.17, 15) is 22.4 Å². The van der Waals surface area contributed by atoms with Crippen LogP contribution in [0.1, 0.15) is 11.1 Å². The highest BCUT2D eigenvalue weighted by Crippen LogP contribution is 2.26. The highest BCUT2D eigenvalue weighted by Gasteiger charge is 2.38. The van der Waals surface area contributed by atoms with Gasteiger partial charge < -0.3 is 24.9 Å². The lowest BCUT2D eigenvalue weighted by atomic mass is 10.2. The number of methoxy groups -OCH3 is 1. The number of nitrogens with zero attached hydrogens (tertiary/aromatic N) is 2. The summed E-state index contributed by atoms with van der Waals surface area (Å²) < 4.78 is 56.4. The second-order valence-corrected chi connectivity index (χ2v) is 7.37. The van der Waals surface area contributed by atoms with Crippen LogP contribution in [0.5, 0.6) is 5.75 Å². The van der Waals surface area contributed by atoms with E-state index in [2.05, 4.69) is 25.6 Å². The maximum absolute atomic E-state index is 14.3. The van der Waals surface area contributed by atoms with Crippen molar-refractivity contribution in [2.45, 2.75) is 20.0 Å². The molecule has 36 heavy (non-hydrogen) atoms. The third-order valence-corrected chi connectivity index (χ3v) is 4.50. The van der Waals surface area contributed by atoms with E-state index in [0.29, 0.717) is 28.2 Å². The molecular formula is C22H19F4N5O5. The molecule has 2 aromatic carbocycles. The van der Waals surface area contributed by atoms with E-state index in [4.69, 9.17) is 19.1 Å². The molecule has 0 spiro atoms. The van der Waals surface area contributed by atoms with E-state index in [0.717, 1.165) is 17.3 Å². The van der Waals surface area contributed by atoms with Crippen LogP contribution in [-0.4, -0.2) is 39.3 Å². The van der Waals surface area contributed by atoms with Crippen molar-refractivity contribution in [2.75, 3.05) is 17.7 Å². The first-order valence-corrected chi connectivity index (χ1v) is 10.0. The number of fused-ring (bicyclic) bond motifs is 1. The molecule has 4 aromatic rings. The molecule has 190 valence electrons. The van der Waals surface area contributed by atoms with Crippen molar-refractivity contribution in [3.05, 3.63) is 64.0 Å². The Labute approximate surface area is 200 Å². The predicted molar refractivity (Wildman–Crippen MR) is 122 cm³/mol. The highest BCUT2D eigenvalue weighted by molar-refractivity contribution is 5.81. The minimum Gasteiger partial charge on any atom is -0.497 e. The van der Waals surface area contributed by atoms with Gasteiger partial charge in [0.25, 0.3) is 0 Å². The van der Waals surface area contributed by atoms with Crippen molar-refractivity contribution >= 4 is 40.2 Å². The van der Waals surface area contributed by atoms with Gasteiger partial charge in [0.05, 0.1) is 18.8 Å². The van der Waals surface area contributed by atoms with Crippen LogP contribution in [0.2, 0.25) is 0 Å². The summed E-state index contributed by atoms with van der Waals surface area (Å²) in [7, 11) is 1.58. The molecule has 0 aliphatic heterocycles. The molecule has 14 heteroatoms. The van der Waals surface area contributed by atoms with Gasteiger partial charge in [-0.15, -0.1) is 0 Å². The Hall–Kier alpha value is -4.62. The topological polar surface area (TPSA) is 142 Å². The maximum Gasteiger partial charge on any atom is 0.490 e. The summed E-state index contributed by atoms with van der Waals surface area (Å²) in [5, 5.41) is 13.1. The Bertz CT molecular complexity index is 1470. The van der Waals surface area contributed by atoms with E-state index in [1.807, 2.05) is 19.1 Å². The zero-order valence-corrected chi connectivity index (χ0v) is 19.0. The van der Waals surface area contributed by atoms with Crippen LogP contribution in [0, 0.1) is 19.7 Å². The van der Waals surface area contributed by atoms with Gasteiger partial charge in [0, 0.05) is 17.4 Å². The average molecular weight is 509 g/mol. The number of aromatic nitrogens is 3. The van der Waals surface area contributed by atoms with Crippen LogP contribution >= 0.6 is 0 Å². The number of hydrogen-bond donors (Lipinski definition) is 4. The van der Waals surface area contributed by atoms with Gasteiger partial charge in [0.15, 0.2) is 17.2 Å². The first-order valence-electron chi connectivity index (χ1n) is 10.0. The molecule has 0 atom stereocenters. The number of aromatic amines is 1. The average Bonchev–Trinajstić information content (AvgIpc) is 3.16. The zero-order chi connectivity index (χ0) is 26.6. The number of oxazole rings is 1. The lowest BCUT2D eigenvalue weighted by Gasteiger charge is -2.11. The Kier molecular flexibility index (Phi) is 7.46. The minimum atomic E-state index is -5.08. The number of alkyl halides is 3. The van der Waals surface area contributed by atoms with Crippen molar-refractivity contribution in [3.8, 4) is 5.75 Å². The molecule has 0 amide bonds. The van der Waals surface area contributed by atoms with Crippen LogP contribution in [0.3, 0.4) is 0 Å². The number of hydrogen-bond acceptors (Lipinski definition) is 8. The van der Waals surface area contributed by atoms with Crippen molar-refractivity contribution in [2.24, 2.45) is 0 Å². The van der Waals surface area contributed by atoms with Gasteiger partial charge in [-0.3, -0.25) is 4.98 Å². The first kappa shape index (κ1) is 26.0. The highest BCUT2D eigenvalue weighted by atomic mass is 19.4. The lowest BCUT2D eigenvalue weighted by molar-refractivity contribution is -0.192. The fraction of sp³-hybridized carbons (Fsp3) is 0.182. The van der Waals surface area contributed by atoms with E-state index in [1.54, 1.807) is 32.2 Å². The van der Waals surface area contributed by atoms with Gasteiger partial charge in [-0.05, 0) is 49.2 Å². The van der Waals surface area contributed by atoms with Crippen molar-refractivity contribution in [3.63, 3.8) is 0 Å². The van der Waals surface area contributed by atoms with Gasteiger partial charge in [0.1, 0.15) is 5.75 Å². The molecule has 2 heterocycles. The number of aliphatic carboxylic acids is 1. The molecule has 0 radical (unpaired) electrons. The van der Waals surface area contributed by atoms with Gasteiger partial charge in [-0.1, -0.05) is 0 Å². The number of H-pyrrole nitrogens is 1. The number of halogens is 4. The first-order chi connectivity index (χ1) is 16.8. The normalized spacial score (nSPS) is 11.0. The molecule has 0 aliphatic rings. The summed E-state index contributed by atoms with van der Waals surface area (Å²) >= 11 is 0. The number of carboxylic acids is 1. The second-order valence-electron chi connectivity index (χ2n) is 7.37. The van der Waals surface area contributed by atoms with Gasteiger partial charge in [0.2, 0.25) is 5.95 Å².